The summed E-state index contributed by atoms with van der Waals surface area (Å²) >= 11 is 12.5. The molecule has 1 unspecified atom stereocenters. The molecule has 1 aromatic heterocycles. The van der Waals surface area contributed by atoms with Crippen molar-refractivity contribution in [1.29, 1.82) is 0 Å². The Kier molecular flexibility index (Phi) is 6.75. The van der Waals surface area contributed by atoms with E-state index >= 15 is 0 Å². The molecule has 0 spiro atoms. The van der Waals surface area contributed by atoms with Crippen molar-refractivity contribution < 1.29 is 4.74 Å². The average Bonchev–Trinajstić information content (AvgIpc) is 2.78. The highest BCUT2D eigenvalue weighted by atomic mass is 79.9. The molecule has 0 aliphatic carbocycles. The van der Waals surface area contributed by atoms with Gasteiger partial charge in [0.25, 0.3) is 0 Å². The summed E-state index contributed by atoms with van der Waals surface area (Å²) in [7, 11) is 1.68. The van der Waals surface area contributed by atoms with E-state index in [1.165, 1.54) is 11.1 Å². The molecule has 0 aliphatic heterocycles. The van der Waals surface area contributed by atoms with Crippen LogP contribution in [0.15, 0.2) is 36.3 Å². The zero-order chi connectivity index (χ0) is 15.4. The van der Waals surface area contributed by atoms with Crippen molar-refractivity contribution in [3.8, 4) is 5.75 Å². The van der Waals surface area contributed by atoms with Crippen LogP contribution >= 0.6 is 59.1 Å². The Hall–Kier alpha value is 0.120. The largest absolute Gasteiger partial charge is 0.496 e. The first-order valence-electron chi connectivity index (χ1n) is 6.58. The minimum Gasteiger partial charge on any atom is -0.496 e. The minimum atomic E-state index is 0.157. The van der Waals surface area contributed by atoms with Crippen molar-refractivity contribution in [2.24, 2.45) is 0 Å². The highest BCUT2D eigenvalue weighted by Crippen LogP contribution is 2.39. The lowest BCUT2D eigenvalue weighted by molar-refractivity contribution is 0.411. The van der Waals surface area contributed by atoms with Crippen molar-refractivity contribution in [3.05, 3.63) is 47.4 Å². The van der Waals surface area contributed by atoms with Crippen LogP contribution in [0.2, 0.25) is 0 Å². The number of ether oxygens (including phenoxy) is 1. The van der Waals surface area contributed by atoms with Crippen LogP contribution in [0, 0.1) is 0 Å². The van der Waals surface area contributed by atoms with Crippen LogP contribution in [0.3, 0.4) is 0 Å². The maximum atomic E-state index is 5.31. The van der Waals surface area contributed by atoms with E-state index in [9.17, 15) is 0 Å². The Morgan fingerprint density at radius 1 is 1.24 bits per heavy atom. The third-order valence-electron chi connectivity index (χ3n) is 3.10. The second-order valence-corrected chi connectivity index (χ2v) is 9.16. The second kappa shape index (κ2) is 8.11. The van der Waals surface area contributed by atoms with Crippen molar-refractivity contribution in [1.82, 2.24) is 5.32 Å². The van der Waals surface area contributed by atoms with Gasteiger partial charge in [0.1, 0.15) is 5.75 Å². The predicted molar refractivity (Wildman–Crippen MR) is 101 cm³/mol. The quantitative estimate of drug-likeness (QED) is 0.518. The first kappa shape index (κ1) is 17.5. The fourth-order valence-corrected chi connectivity index (χ4v) is 5.57. The Bertz CT molecular complexity index is 615. The van der Waals surface area contributed by atoms with Gasteiger partial charge in [-0.3, -0.25) is 0 Å². The van der Waals surface area contributed by atoms with Gasteiger partial charge in [0.2, 0.25) is 0 Å². The van der Waals surface area contributed by atoms with Crippen LogP contribution < -0.4 is 10.1 Å². The number of halogens is 3. The van der Waals surface area contributed by atoms with Crippen LogP contribution in [0.25, 0.3) is 0 Å². The number of hydrogen-bond donors (Lipinski definition) is 1. The molecule has 1 heterocycles. The number of benzene rings is 1. The topological polar surface area (TPSA) is 21.3 Å². The number of rotatable bonds is 6. The standard InChI is InChI=1S/C15H16Br3NOS/c1-3-6-19-14(10-8-13(17)21-15(10)18)9-4-5-12(20-2)11(16)7-9/h4-5,7-8,14,19H,3,6H2,1-2H3. The van der Waals surface area contributed by atoms with Gasteiger partial charge in [-0.15, -0.1) is 11.3 Å². The maximum Gasteiger partial charge on any atom is 0.133 e. The van der Waals surface area contributed by atoms with Gasteiger partial charge in [0.05, 0.1) is 25.2 Å². The Balaban J connectivity index is 2.40. The highest BCUT2D eigenvalue weighted by molar-refractivity contribution is 9.12. The maximum absolute atomic E-state index is 5.31. The van der Waals surface area contributed by atoms with Crippen LogP contribution in [-0.2, 0) is 0 Å². The molecule has 0 fully saturated rings. The number of hydrogen-bond acceptors (Lipinski definition) is 3. The lowest BCUT2D eigenvalue weighted by Gasteiger charge is -2.20. The third-order valence-corrected chi connectivity index (χ3v) is 6.11. The summed E-state index contributed by atoms with van der Waals surface area (Å²) in [6.07, 6.45) is 1.09. The molecule has 1 N–H and O–H groups in total. The Morgan fingerprint density at radius 2 is 2.00 bits per heavy atom. The molecule has 0 saturated carbocycles. The van der Waals surface area contributed by atoms with Crippen LogP contribution in [0.4, 0.5) is 0 Å². The molecule has 0 bridgehead atoms. The number of nitrogens with one attached hydrogen (secondary N) is 1. The lowest BCUT2D eigenvalue weighted by atomic mass is 10.0. The van der Waals surface area contributed by atoms with E-state index in [2.05, 4.69) is 78.2 Å². The molecule has 1 aromatic carbocycles. The smallest absolute Gasteiger partial charge is 0.133 e. The van der Waals surface area contributed by atoms with E-state index in [1.807, 2.05) is 6.07 Å². The van der Waals surface area contributed by atoms with Crippen molar-refractivity contribution in [3.63, 3.8) is 0 Å². The lowest BCUT2D eigenvalue weighted by Crippen LogP contribution is -2.23. The molecule has 1 atom stereocenters. The van der Waals surface area contributed by atoms with Crippen LogP contribution in [-0.4, -0.2) is 13.7 Å². The monoisotopic (exact) mass is 495 g/mol. The number of thiophene rings is 1. The van der Waals surface area contributed by atoms with E-state index in [-0.39, 0.29) is 6.04 Å². The molecule has 0 radical (unpaired) electrons. The normalized spacial score (nSPS) is 12.4. The molecular weight excluding hydrogens is 482 g/mol. The SMILES string of the molecule is CCCNC(c1ccc(OC)c(Br)c1)c1cc(Br)sc1Br. The van der Waals surface area contributed by atoms with Crippen LogP contribution in [0.5, 0.6) is 5.75 Å². The van der Waals surface area contributed by atoms with Gasteiger partial charge >= 0.3 is 0 Å². The van der Waals surface area contributed by atoms with E-state index < -0.39 is 0 Å². The summed E-state index contributed by atoms with van der Waals surface area (Å²) in [4.78, 5) is 0. The Labute approximate surface area is 154 Å². The molecule has 2 rings (SSSR count). The van der Waals surface area contributed by atoms with Gasteiger partial charge in [-0.25, -0.2) is 0 Å². The van der Waals surface area contributed by atoms with E-state index in [4.69, 9.17) is 4.74 Å². The molecule has 0 saturated heterocycles. The summed E-state index contributed by atoms with van der Waals surface area (Å²) in [5.74, 6) is 0.846. The summed E-state index contributed by atoms with van der Waals surface area (Å²) in [6.45, 7) is 3.14. The molecule has 2 nitrogen and oxygen atoms in total. The summed E-state index contributed by atoms with van der Waals surface area (Å²) in [5, 5.41) is 3.62. The summed E-state index contributed by atoms with van der Waals surface area (Å²) < 4.78 is 8.55. The molecule has 2 aromatic rings. The minimum absolute atomic E-state index is 0.157. The average molecular weight is 498 g/mol. The first-order chi connectivity index (χ1) is 10.1. The first-order valence-corrected chi connectivity index (χ1v) is 9.78. The van der Waals surface area contributed by atoms with Gasteiger partial charge in [-0.05, 0) is 90.1 Å². The zero-order valence-electron chi connectivity index (χ0n) is 11.8. The zero-order valence-corrected chi connectivity index (χ0v) is 17.3. The second-order valence-electron chi connectivity index (χ2n) is 4.56. The summed E-state index contributed by atoms with van der Waals surface area (Å²) in [6, 6.07) is 8.54. The molecule has 21 heavy (non-hydrogen) atoms. The fourth-order valence-electron chi connectivity index (χ4n) is 2.11. The van der Waals surface area contributed by atoms with E-state index in [1.54, 1.807) is 18.4 Å². The van der Waals surface area contributed by atoms with Gasteiger partial charge in [-0.2, -0.15) is 0 Å². The highest BCUT2D eigenvalue weighted by Gasteiger charge is 2.19. The molecule has 0 aliphatic rings. The fraction of sp³-hybridized carbons (Fsp3) is 0.333. The summed E-state index contributed by atoms with van der Waals surface area (Å²) in [5.41, 5.74) is 2.46. The van der Waals surface area contributed by atoms with Gasteiger partial charge in [-0.1, -0.05) is 13.0 Å². The molecule has 114 valence electrons. The van der Waals surface area contributed by atoms with Crippen molar-refractivity contribution in [2.75, 3.05) is 13.7 Å². The van der Waals surface area contributed by atoms with Crippen molar-refractivity contribution >= 4 is 59.1 Å². The van der Waals surface area contributed by atoms with Crippen molar-refractivity contribution in [2.45, 2.75) is 19.4 Å². The molecule has 0 amide bonds. The van der Waals surface area contributed by atoms with Gasteiger partial charge in [0.15, 0.2) is 0 Å². The van der Waals surface area contributed by atoms with Gasteiger partial charge in [0, 0.05) is 0 Å². The molecular formula is C15H16Br3NOS. The van der Waals surface area contributed by atoms with Crippen LogP contribution in [0.1, 0.15) is 30.5 Å². The number of methoxy groups -OCH3 is 1. The van der Waals surface area contributed by atoms with E-state index in [0.29, 0.717) is 0 Å². The van der Waals surface area contributed by atoms with Gasteiger partial charge < -0.3 is 10.1 Å². The Morgan fingerprint density at radius 3 is 2.52 bits per heavy atom. The predicted octanol–water partition coefficient (Wildman–Crippen LogP) is 6.13. The third kappa shape index (κ3) is 4.32. The molecule has 6 heteroatoms. The van der Waals surface area contributed by atoms with E-state index in [0.717, 1.165) is 30.8 Å².